The molecule has 0 aromatic carbocycles. The summed E-state index contributed by atoms with van der Waals surface area (Å²) in [5.41, 5.74) is 6.77. The van der Waals surface area contributed by atoms with E-state index in [1.807, 2.05) is 0 Å². The third-order valence-corrected chi connectivity index (χ3v) is 5.77. The van der Waals surface area contributed by atoms with Crippen molar-refractivity contribution in [2.45, 2.75) is 50.4 Å². The van der Waals surface area contributed by atoms with E-state index in [9.17, 15) is 22.8 Å². The van der Waals surface area contributed by atoms with Crippen LogP contribution in [0.5, 0.6) is 0 Å². The Morgan fingerprint density at radius 3 is 2.69 bits per heavy atom. The molecule has 1 fully saturated rings. The second-order valence-corrected chi connectivity index (χ2v) is 7.79. The van der Waals surface area contributed by atoms with Crippen molar-refractivity contribution in [3.8, 4) is 6.07 Å². The van der Waals surface area contributed by atoms with Crippen LogP contribution < -0.4 is 5.73 Å². The molecule has 4 rings (SSSR count). The lowest BCUT2D eigenvalue weighted by molar-refractivity contribution is -0.205. The SMILES string of the molecule is N#CC[C@H]1CC[C@H](n2c(C(OC(=O)C(F)(F)F)C(N)=O)nc3cnc4[nH]ccc4c32)CC1. The number of fused-ring (bicyclic) bond motifs is 3. The highest BCUT2D eigenvalue weighted by Crippen LogP contribution is 2.39. The van der Waals surface area contributed by atoms with E-state index < -0.39 is 24.2 Å². The summed E-state index contributed by atoms with van der Waals surface area (Å²) in [7, 11) is 0. The summed E-state index contributed by atoms with van der Waals surface area (Å²) >= 11 is 0. The van der Waals surface area contributed by atoms with Crippen LogP contribution in [0.15, 0.2) is 18.5 Å². The first-order valence-electron chi connectivity index (χ1n) is 9.98. The Hall–Kier alpha value is -3.62. The minimum Gasteiger partial charge on any atom is -0.437 e. The summed E-state index contributed by atoms with van der Waals surface area (Å²) in [6.07, 6.45) is -1.15. The molecule has 0 spiro atoms. The second kappa shape index (κ2) is 8.14. The number of alkyl halides is 3. The molecule has 0 radical (unpaired) electrons. The molecule has 32 heavy (non-hydrogen) atoms. The Morgan fingerprint density at radius 2 is 2.06 bits per heavy atom. The molecule has 0 aliphatic heterocycles. The molecule has 3 N–H and O–H groups in total. The van der Waals surface area contributed by atoms with Crippen LogP contribution in [-0.4, -0.2) is 37.6 Å². The number of aromatic amines is 1. The number of primary amides is 1. The van der Waals surface area contributed by atoms with E-state index in [2.05, 4.69) is 25.8 Å². The highest BCUT2D eigenvalue weighted by molar-refractivity contribution is 6.01. The van der Waals surface area contributed by atoms with Crippen molar-refractivity contribution in [1.29, 1.82) is 5.26 Å². The average Bonchev–Trinajstić information content (AvgIpc) is 3.35. The summed E-state index contributed by atoms with van der Waals surface area (Å²) in [6, 6.07) is 3.67. The Balaban J connectivity index is 1.84. The largest absolute Gasteiger partial charge is 0.490 e. The quantitative estimate of drug-likeness (QED) is 0.575. The number of nitrogens with one attached hydrogen (secondary N) is 1. The Bertz CT molecular complexity index is 1220. The van der Waals surface area contributed by atoms with Crippen LogP contribution in [0.2, 0.25) is 0 Å². The molecule has 1 unspecified atom stereocenters. The predicted molar refractivity (Wildman–Crippen MR) is 105 cm³/mol. The van der Waals surface area contributed by atoms with Crippen LogP contribution in [0.4, 0.5) is 13.2 Å². The molecular formula is C20H19F3N6O3. The zero-order valence-corrected chi connectivity index (χ0v) is 16.7. The number of hydrogen-bond acceptors (Lipinski definition) is 6. The van der Waals surface area contributed by atoms with Crippen molar-refractivity contribution in [3.63, 3.8) is 0 Å². The lowest BCUT2D eigenvalue weighted by Crippen LogP contribution is -2.34. The van der Waals surface area contributed by atoms with Gasteiger partial charge in [0.05, 0.1) is 17.8 Å². The van der Waals surface area contributed by atoms with E-state index in [1.165, 1.54) is 6.20 Å². The molecule has 168 valence electrons. The number of nitrogens with zero attached hydrogens (tertiary/aromatic N) is 4. The first-order chi connectivity index (χ1) is 15.2. The van der Waals surface area contributed by atoms with Gasteiger partial charge >= 0.3 is 12.1 Å². The van der Waals surface area contributed by atoms with Crippen molar-refractivity contribution < 1.29 is 27.5 Å². The number of carbonyl (C=O) groups excluding carboxylic acids is 2. The summed E-state index contributed by atoms with van der Waals surface area (Å²) < 4.78 is 44.6. The van der Waals surface area contributed by atoms with Gasteiger partial charge in [-0.3, -0.25) is 4.79 Å². The Morgan fingerprint density at radius 1 is 1.34 bits per heavy atom. The number of rotatable bonds is 5. The maximum absolute atomic E-state index is 12.8. The van der Waals surface area contributed by atoms with Gasteiger partial charge in [-0.2, -0.15) is 18.4 Å². The van der Waals surface area contributed by atoms with Crippen LogP contribution in [0.25, 0.3) is 22.1 Å². The molecule has 9 nitrogen and oxygen atoms in total. The van der Waals surface area contributed by atoms with Crippen LogP contribution in [-0.2, 0) is 14.3 Å². The monoisotopic (exact) mass is 448 g/mol. The number of aromatic nitrogens is 4. The topological polar surface area (TPSA) is 140 Å². The van der Waals surface area contributed by atoms with Gasteiger partial charge in [-0.25, -0.2) is 14.8 Å². The zero-order valence-electron chi connectivity index (χ0n) is 16.7. The van der Waals surface area contributed by atoms with Crippen molar-refractivity contribution >= 4 is 33.9 Å². The first kappa shape index (κ1) is 21.6. The maximum atomic E-state index is 12.8. The van der Waals surface area contributed by atoms with Crippen molar-refractivity contribution in [3.05, 3.63) is 24.3 Å². The number of amides is 1. The molecule has 3 aromatic heterocycles. The zero-order chi connectivity index (χ0) is 23.0. The molecule has 0 saturated heterocycles. The third kappa shape index (κ3) is 3.86. The standard InChI is InChI=1S/C20H19F3N6O3/c21-20(22,23)19(31)32-15(16(25)30)18-28-13-9-27-17-12(6-8-26-17)14(13)29(18)11-3-1-10(2-4-11)5-7-24/h6,8-11,15H,1-5H2,(H2,25,30)(H,26,27)/t10-,11-,15?. The summed E-state index contributed by atoms with van der Waals surface area (Å²) in [5, 5.41) is 9.62. The molecule has 1 aliphatic carbocycles. The summed E-state index contributed by atoms with van der Waals surface area (Å²) in [6.45, 7) is 0. The van der Waals surface area contributed by atoms with Crippen molar-refractivity contribution in [2.75, 3.05) is 0 Å². The fourth-order valence-electron chi connectivity index (χ4n) is 4.31. The molecule has 1 amide bonds. The van der Waals surface area contributed by atoms with Crippen molar-refractivity contribution in [1.82, 2.24) is 19.5 Å². The number of nitriles is 1. The van der Waals surface area contributed by atoms with Crippen LogP contribution >= 0.6 is 0 Å². The van der Waals surface area contributed by atoms with E-state index in [1.54, 1.807) is 16.8 Å². The third-order valence-electron chi connectivity index (χ3n) is 5.77. The maximum Gasteiger partial charge on any atom is 0.490 e. The first-order valence-corrected chi connectivity index (χ1v) is 9.98. The normalized spacial score (nSPS) is 20.2. The number of imidazole rings is 1. The molecule has 12 heteroatoms. The number of carbonyl (C=O) groups is 2. The molecule has 3 heterocycles. The minimum absolute atomic E-state index is 0.177. The number of halogens is 3. The number of H-pyrrole nitrogens is 1. The van der Waals surface area contributed by atoms with Gasteiger partial charge in [0.1, 0.15) is 11.2 Å². The average molecular weight is 448 g/mol. The smallest absolute Gasteiger partial charge is 0.437 e. The van der Waals surface area contributed by atoms with Gasteiger partial charge in [-0.15, -0.1) is 0 Å². The highest BCUT2D eigenvalue weighted by Gasteiger charge is 2.45. The summed E-state index contributed by atoms with van der Waals surface area (Å²) in [4.78, 5) is 35.1. The number of esters is 1. The van der Waals surface area contributed by atoms with Gasteiger partial charge in [-0.1, -0.05) is 0 Å². The lowest BCUT2D eigenvalue weighted by Gasteiger charge is -2.30. The van der Waals surface area contributed by atoms with Crippen LogP contribution in [0.3, 0.4) is 0 Å². The summed E-state index contributed by atoms with van der Waals surface area (Å²) in [5.74, 6) is -3.75. The fourth-order valence-corrected chi connectivity index (χ4v) is 4.31. The van der Waals surface area contributed by atoms with E-state index in [0.29, 0.717) is 41.3 Å². The minimum atomic E-state index is -5.30. The Labute approximate surface area is 179 Å². The second-order valence-electron chi connectivity index (χ2n) is 7.79. The number of ether oxygens (including phenoxy) is 1. The highest BCUT2D eigenvalue weighted by atomic mass is 19.4. The van der Waals surface area contributed by atoms with E-state index >= 15 is 0 Å². The number of nitrogens with two attached hydrogens (primary N) is 1. The van der Waals surface area contributed by atoms with E-state index in [0.717, 1.165) is 12.8 Å². The Kier molecular flexibility index (Phi) is 5.50. The van der Waals surface area contributed by atoms with Crippen LogP contribution in [0.1, 0.15) is 50.1 Å². The van der Waals surface area contributed by atoms with Gasteiger partial charge in [0.2, 0.25) is 6.10 Å². The molecule has 0 bridgehead atoms. The molecule has 1 atom stereocenters. The number of hydrogen-bond donors (Lipinski definition) is 2. The van der Waals surface area contributed by atoms with Gasteiger partial charge in [0.25, 0.3) is 5.91 Å². The van der Waals surface area contributed by atoms with Gasteiger partial charge in [0, 0.05) is 24.0 Å². The van der Waals surface area contributed by atoms with Gasteiger partial charge < -0.3 is 20.0 Å². The van der Waals surface area contributed by atoms with Gasteiger partial charge in [0.15, 0.2) is 5.82 Å². The molecule has 1 aliphatic rings. The lowest BCUT2D eigenvalue weighted by atomic mass is 9.84. The van der Waals surface area contributed by atoms with E-state index in [-0.39, 0.29) is 17.8 Å². The van der Waals surface area contributed by atoms with Crippen LogP contribution in [0, 0.1) is 17.2 Å². The number of pyridine rings is 1. The van der Waals surface area contributed by atoms with E-state index in [4.69, 9.17) is 11.0 Å². The van der Waals surface area contributed by atoms with Crippen molar-refractivity contribution in [2.24, 2.45) is 11.7 Å². The molecular weight excluding hydrogens is 429 g/mol. The van der Waals surface area contributed by atoms with Gasteiger partial charge in [-0.05, 0) is 37.7 Å². The predicted octanol–water partition coefficient (Wildman–Crippen LogP) is 3.19. The molecule has 1 saturated carbocycles. The fraction of sp³-hybridized carbons (Fsp3) is 0.450. The molecule has 3 aromatic rings.